The molecule has 0 unspecified atom stereocenters. The Morgan fingerprint density at radius 2 is 2.33 bits per heavy atom. The smallest absolute Gasteiger partial charge is 0.226 e. The molecule has 0 fully saturated rings. The summed E-state index contributed by atoms with van der Waals surface area (Å²) in [5, 5.41) is 9.26. The number of hydrogen-bond acceptors (Lipinski definition) is 4. The van der Waals surface area contributed by atoms with Crippen molar-refractivity contribution >= 4 is 6.29 Å². The zero-order chi connectivity index (χ0) is 10.7. The van der Waals surface area contributed by atoms with Gasteiger partial charge < -0.3 is 14.3 Å². The SMILES string of the molecule is O=CCc1coc(-c2cccc(O)c2)n1. The molecule has 76 valence electrons. The van der Waals surface area contributed by atoms with Gasteiger partial charge in [0.05, 0.1) is 5.69 Å². The van der Waals surface area contributed by atoms with E-state index in [0.717, 1.165) is 6.29 Å². The number of hydrogen-bond donors (Lipinski definition) is 1. The van der Waals surface area contributed by atoms with Crippen LogP contribution in [0.5, 0.6) is 5.75 Å². The second-order valence-corrected chi connectivity index (χ2v) is 3.07. The minimum absolute atomic E-state index is 0.155. The molecule has 0 bridgehead atoms. The van der Waals surface area contributed by atoms with Crippen LogP contribution < -0.4 is 0 Å². The highest BCUT2D eigenvalue weighted by atomic mass is 16.3. The number of carbonyl (C=O) groups excluding carboxylic acids is 1. The molecule has 1 aromatic carbocycles. The number of aldehydes is 1. The standard InChI is InChI=1S/C11H9NO3/c13-5-4-9-7-15-11(12-9)8-2-1-3-10(14)6-8/h1-3,5-7,14H,4H2. The molecule has 0 radical (unpaired) electrons. The first-order valence-corrected chi connectivity index (χ1v) is 4.47. The molecule has 0 saturated heterocycles. The van der Waals surface area contributed by atoms with E-state index in [-0.39, 0.29) is 12.2 Å². The fourth-order valence-corrected chi connectivity index (χ4v) is 1.26. The van der Waals surface area contributed by atoms with Crippen molar-refractivity contribution in [2.45, 2.75) is 6.42 Å². The largest absolute Gasteiger partial charge is 0.508 e. The van der Waals surface area contributed by atoms with Gasteiger partial charge in [-0.05, 0) is 18.2 Å². The minimum atomic E-state index is 0.155. The third-order valence-electron chi connectivity index (χ3n) is 1.94. The molecule has 0 aliphatic heterocycles. The first-order chi connectivity index (χ1) is 7.29. The molecule has 0 aliphatic carbocycles. The molecule has 0 saturated carbocycles. The van der Waals surface area contributed by atoms with Crippen molar-refractivity contribution in [1.82, 2.24) is 4.98 Å². The van der Waals surface area contributed by atoms with Gasteiger partial charge in [0.2, 0.25) is 5.89 Å². The van der Waals surface area contributed by atoms with E-state index >= 15 is 0 Å². The van der Waals surface area contributed by atoms with E-state index in [2.05, 4.69) is 4.98 Å². The van der Waals surface area contributed by atoms with Crippen LogP contribution in [-0.4, -0.2) is 16.4 Å². The Balaban J connectivity index is 2.32. The van der Waals surface area contributed by atoms with Crippen LogP contribution in [0, 0.1) is 0 Å². The minimum Gasteiger partial charge on any atom is -0.508 e. The zero-order valence-electron chi connectivity index (χ0n) is 7.88. The molecule has 2 rings (SSSR count). The molecular formula is C11H9NO3. The lowest BCUT2D eigenvalue weighted by atomic mass is 10.2. The van der Waals surface area contributed by atoms with E-state index in [0.29, 0.717) is 17.1 Å². The molecule has 2 aromatic rings. The van der Waals surface area contributed by atoms with Gasteiger partial charge in [-0.2, -0.15) is 0 Å². The monoisotopic (exact) mass is 203 g/mol. The zero-order valence-corrected chi connectivity index (χ0v) is 7.88. The number of aromatic hydroxyl groups is 1. The Bertz CT molecular complexity index is 476. The van der Waals surface area contributed by atoms with E-state index in [1.54, 1.807) is 24.3 Å². The Morgan fingerprint density at radius 3 is 3.07 bits per heavy atom. The van der Waals surface area contributed by atoms with Crippen LogP contribution >= 0.6 is 0 Å². The summed E-state index contributed by atoms with van der Waals surface area (Å²) in [5.74, 6) is 0.561. The summed E-state index contributed by atoms with van der Waals surface area (Å²) in [7, 11) is 0. The van der Waals surface area contributed by atoms with E-state index in [4.69, 9.17) is 4.42 Å². The normalized spacial score (nSPS) is 10.1. The quantitative estimate of drug-likeness (QED) is 0.772. The average Bonchev–Trinajstić information content (AvgIpc) is 2.67. The van der Waals surface area contributed by atoms with Crippen molar-refractivity contribution in [3.05, 3.63) is 36.2 Å². The average molecular weight is 203 g/mol. The van der Waals surface area contributed by atoms with Gasteiger partial charge in [-0.1, -0.05) is 6.07 Å². The maximum atomic E-state index is 10.3. The maximum absolute atomic E-state index is 10.3. The van der Waals surface area contributed by atoms with Crippen molar-refractivity contribution in [3.63, 3.8) is 0 Å². The highest BCUT2D eigenvalue weighted by Crippen LogP contribution is 2.22. The van der Waals surface area contributed by atoms with Gasteiger partial charge in [-0.15, -0.1) is 0 Å². The lowest BCUT2D eigenvalue weighted by Crippen LogP contribution is -1.85. The van der Waals surface area contributed by atoms with Gasteiger partial charge in [-0.25, -0.2) is 4.98 Å². The number of aromatic nitrogens is 1. The number of phenols is 1. The van der Waals surface area contributed by atoms with Crippen molar-refractivity contribution < 1.29 is 14.3 Å². The molecule has 15 heavy (non-hydrogen) atoms. The Labute approximate surface area is 86.2 Å². The van der Waals surface area contributed by atoms with Crippen molar-refractivity contribution in [1.29, 1.82) is 0 Å². The molecule has 1 N–H and O–H groups in total. The summed E-state index contributed by atoms with van der Waals surface area (Å²) in [6.45, 7) is 0. The molecule has 1 heterocycles. The van der Waals surface area contributed by atoms with Crippen LogP contribution in [0.3, 0.4) is 0 Å². The second kappa shape index (κ2) is 3.96. The number of oxazole rings is 1. The fraction of sp³-hybridized carbons (Fsp3) is 0.0909. The number of phenolic OH excluding ortho intramolecular Hbond substituents is 1. The summed E-state index contributed by atoms with van der Waals surface area (Å²) in [6.07, 6.45) is 2.44. The fourth-order valence-electron chi connectivity index (χ4n) is 1.26. The van der Waals surface area contributed by atoms with Gasteiger partial charge in [0.25, 0.3) is 0 Å². The molecule has 4 nitrogen and oxygen atoms in total. The summed E-state index contributed by atoms with van der Waals surface area (Å²) in [5.41, 5.74) is 1.27. The van der Waals surface area contributed by atoms with Crippen LogP contribution in [0.4, 0.5) is 0 Å². The highest BCUT2D eigenvalue weighted by Gasteiger charge is 2.06. The van der Waals surface area contributed by atoms with Gasteiger partial charge in [0, 0.05) is 12.0 Å². The molecule has 1 aromatic heterocycles. The molecule has 0 atom stereocenters. The molecular weight excluding hydrogens is 194 g/mol. The lowest BCUT2D eigenvalue weighted by Gasteiger charge is -1.95. The van der Waals surface area contributed by atoms with Gasteiger partial charge >= 0.3 is 0 Å². The first-order valence-electron chi connectivity index (χ1n) is 4.47. The summed E-state index contributed by atoms with van der Waals surface area (Å²) in [6, 6.07) is 6.60. The third kappa shape index (κ3) is 2.04. The van der Waals surface area contributed by atoms with E-state index in [9.17, 15) is 9.90 Å². The Morgan fingerprint density at radius 1 is 1.47 bits per heavy atom. The molecule has 0 amide bonds. The van der Waals surface area contributed by atoms with E-state index in [1.807, 2.05) is 0 Å². The number of carbonyl (C=O) groups is 1. The summed E-state index contributed by atoms with van der Waals surface area (Å²) < 4.78 is 5.18. The Hall–Kier alpha value is -2.10. The predicted molar refractivity (Wildman–Crippen MR) is 53.4 cm³/mol. The van der Waals surface area contributed by atoms with Crippen LogP contribution in [0.1, 0.15) is 5.69 Å². The van der Waals surface area contributed by atoms with Crippen molar-refractivity contribution in [3.8, 4) is 17.2 Å². The summed E-state index contributed by atoms with van der Waals surface area (Å²) >= 11 is 0. The van der Waals surface area contributed by atoms with Crippen LogP contribution in [0.25, 0.3) is 11.5 Å². The van der Waals surface area contributed by atoms with Gasteiger partial charge in [0.15, 0.2) is 0 Å². The van der Waals surface area contributed by atoms with Crippen LogP contribution in [-0.2, 0) is 11.2 Å². The first kappa shape index (κ1) is 9.45. The lowest BCUT2D eigenvalue weighted by molar-refractivity contribution is -0.107. The molecule has 0 aliphatic rings. The van der Waals surface area contributed by atoms with Crippen molar-refractivity contribution in [2.75, 3.05) is 0 Å². The predicted octanol–water partition coefficient (Wildman–Crippen LogP) is 1.79. The molecule has 4 heteroatoms. The Kier molecular flexibility index (Phi) is 2.49. The van der Waals surface area contributed by atoms with Crippen LogP contribution in [0.2, 0.25) is 0 Å². The van der Waals surface area contributed by atoms with E-state index < -0.39 is 0 Å². The highest BCUT2D eigenvalue weighted by molar-refractivity contribution is 5.57. The maximum Gasteiger partial charge on any atom is 0.226 e. The number of rotatable bonds is 3. The second-order valence-electron chi connectivity index (χ2n) is 3.07. The van der Waals surface area contributed by atoms with Gasteiger partial charge in [0.1, 0.15) is 18.3 Å². The third-order valence-corrected chi connectivity index (χ3v) is 1.94. The van der Waals surface area contributed by atoms with Gasteiger partial charge in [-0.3, -0.25) is 0 Å². The van der Waals surface area contributed by atoms with Crippen LogP contribution in [0.15, 0.2) is 34.9 Å². The topological polar surface area (TPSA) is 63.3 Å². The number of nitrogens with zero attached hydrogens (tertiary/aromatic N) is 1. The van der Waals surface area contributed by atoms with E-state index in [1.165, 1.54) is 6.26 Å². The van der Waals surface area contributed by atoms with Crippen molar-refractivity contribution in [2.24, 2.45) is 0 Å². The summed E-state index contributed by atoms with van der Waals surface area (Å²) in [4.78, 5) is 14.4. The molecule has 0 spiro atoms. The number of benzene rings is 1.